The van der Waals surface area contributed by atoms with Crippen LogP contribution in [0.4, 0.5) is 0 Å². The summed E-state index contributed by atoms with van der Waals surface area (Å²) < 4.78 is 0. The third kappa shape index (κ3) is 9.10. The first-order valence-electron chi connectivity index (χ1n) is 12.5. The maximum atomic E-state index is 13.7. The van der Waals surface area contributed by atoms with Crippen molar-refractivity contribution in [3.8, 4) is 0 Å². The lowest BCUT2D eigenvalue weighted by molar-refractivity contribution is -0.139. The Hall–Kier alpha value is -2.47. The van der Waals surface area contributed by atoms with Gasteiger partial charge < -0.3 is 10.2 Å². The molecule has 2 amide bonds. The average molecular weight is 558 g/mol. The zero-order valence-corrected chi connectivity index (χ0v) is 23.9. The fourth-order valence-electron chi connectivity index (χ4n) is 3.97. The highest BCUT2D eigenvalue weighted by Crippen LogP contribution is 2.25. The first-order chi connectivity index (χ1) is 17.8. The summed E-state index contributed by atoms with van der Waals surface area (Å²) in [6.07, 6.45) is 1.25. The Morgan fingerprint density at radius 1 is 0.973 bits per heavy atom. The molecule has 2 atom stereocenters. The molecule has 196 valence electrons. The minimum absolute atomic E-state index is 0.0168. The average Bonchev–Trinajstić information content (AvgIpc) is 2.87. The van der Waals surface area contributed by atoms with Gasteiger partial charge in [0.05, 0.1) is 5.75 Å². The minimum atomic E-state index is -0.635. The van der Waals surface area contributed by atoms with Gasteiger partial charge in [0, 0.05) is 34.8 Å². The number of nitrogens with zero attached hydrogens (tertiary/aromatic N) is 1. The van der Waals surface area contributed by atoms with Gasteiger partial charge in [-0.15, -0.1) is 11.8 Å². The molecule has 3 aromatic rings. The number of carbonyl (C=O) groups excluding carboxylic acids is 2. The smallest absolute Gasteiger partial charge is 0.243 e. The van der Waals surface area contributed by atoms with Crippen molar-refractivity contribution in [2.75, 3.05) is 5.75 Å². The predicted octanol–water partition coefficient (Wildman–Crippen LogP) is 7.09. The SMILES string of the molecule is CCC(C)NC(=O)C(Cc1ccccc1)N(Cc1cccc(C)c1)C(=O)CSCc1ccc(Cl)cc1Cl. The van der Waals surface area contributed by atoms with Crippen molar-refractivity contribution < 1.29 is 9.59 Å². The van der Waals surface area contributed by atoms with E-state index in [1.54, 1.807) is 17.0 Å². The molecular weight excluding hydrogens is 523 g/mol. The summed E-state index contributed by atoms with van der Waals surface area (Å²) in [5.41, 5.74) is 4.03. The van der Waals surface area contributed by atoms with E-state index in [-0.39, 0.29) is 23.6 Å². The predicted molar refractivity (Wildman–Crippen MR) is 156 cm³/mol. The van der Waals surface area contributed by atoms with Crippen LogP contribution in [0.3, 0.4) is 0 Å². The molecule has 0 saturated carbocycles. The van der Waals surface area contributed by atoms with E-state index < -0.39 is 6.04 Å². The molecule has 0 bridgehead atoms. The van der Waals surface area contributed by atoms with Crippen molar-refractivity contribution in [1.29, 1.82) is 0 Å². The van der Waals surface area contributed by atoms with Crippen LogP contribution in [0.5, 0.6) is 0 Å². The van der Waals surface area contributed by atoms with Crippen molar-refractivity contribution in [3.05, 3.63) is 105 Å². The van der Waals surface area contributed by atoms with Crippen LogP contribution in [0.1, 0.15) is 42.5 Å². The maximum absolute atomic E-state index is 13.7. The van der Waals surface area contributed by atoms with E-state index in [2.05, 4.69) is 11.4 Å². The van der Waals surface area contributed by atoms with Crippen LogP contribution in [0.15, 0.2) is 72.8 Å². The molecule has 3 rings (SSSR count). The van der Waals surface area contributed by atoms with E-state index >= 15 is 0 Å². The highest BCUT2D eigenvalue weighted by Gasteiger charge is 2.31. The molecule has 0 saturated heterocycles. The second-order valence-corrected chi connectivity index (χ2v) is 11.1. The van der Waals surface area contributed by atoms with Crippen LogP contribution in [0.25, 0.3) is 0 Å². The van der Waals surface area contributed by atoms with Crippen molar-refractivity contribution in [2.24, 2.45) is 0 Å². The fraction of sp³-hybridized carbons (Fsp3) is 0.333. The van der Waals surface area contributed by atoms with Gasteiger partial charge in [-0.2, -0.15) is 0 Å². The van der Waals surface area contributed by atoms with Crippen LogP contribution >= 0.6 is 35.0 Å². The fourth-order valence-corrected chi connectivity index (χ4v) is 5.44. The van der Waals surface area contributed by atoms with Gasteiger partial charge in [0.25, 0.3) is 0 Å². The molecule has 3 aromatic carbocycles. The lowest BCUT2D eigenvalue weighted by Gasteiger charge is -2.32. The standard InChI is InChI=1S/C30H34Cl2N2O2S/c1-4-22(3)33-30(36)28(16-23-10-6-5-7-11-23)34(18-24-12-8-9-21(2)15-24)29(35)20-37-19-25-13-14-26(31)17-27(25)32/h5-15,17,22,28H,4,16,18-20H2,1-3H3,(H,33,36). The maximum Gasteiger partial charge on any atom is 0.243 e. The summed E-state index contributed by atoms with van der Waals surface area (Å²) in [5.74, 6) is 0.580. The highest BCUT2D eigenvalue weighted by molar-refractivity contribution is 7.99. The summed E-state index contributed by atoms with van der Waals surface area (Å²) in [5, 5.41) is 4.27. The quantitative estimate of drug-likeness (QED) is 0.259. The molecule has 4 nitrogen and oxygen atoms in total. The molecule has 0 heterocycles. The second-order valence-electron chi connectivity index (χ2n) is 9.26. The van der Waals surface area contributed by atoms with Crippen molar-refractivity contribution in [2.45, 2.75) is 58.0 Å². The van der Waals surface area contributed by atoms with Crippen molar-refractivity contribution >= 4 is 46.8 Å². The Balaban J connectivity index is 1.86. The van der Waals surface area contributed by atoms with Gasteiger partial charge in [-0.1, -0.05) is 96.4 Å². The van der Waals surface area contributed by atoms with E-state index in [9.17, 15) is 9.59 Å². The van der Waals surface area contributed by atoms with Gasteiger partial charge in [0.15, 0.2) is 0 Å². The summed E-state index contributed by atoms with van der Waals surface area (Å²) in [6.45, 7) is 6.40. The number of carbonyl (C=O) groups is 2. The topological polar surface area (TPSA) is 49.4 Å². The molecule has 0 aliphatic heterocycles. The highest BCUT2D eigenvalue weighted by atomic mass is 35.5. The van der Waals surface area contributed by atoms with E-state index in [4.69, 9.17) is 23.2 Å². The number of thioether (sulfide) groups is 1. The molecule has 0 aliphatic carbocycles. The molecule has 0 aliphatic rings. The van der Waals surface area contributed by atoms with Crippen molar-refractivity contribution in [3.63, 3.8) is 0 Å². The molecule has 0 fully saturated rings. The Morgan fingerprint density at radius 3 is 2.38 bits per heavy atom. The van der Waals surface area contributed by atoms with E-state index in [1.165, 1.54) is 11.8 Å². The summed E-state index contributed by atoms with van der Waals surface area (Å²) in [6, 6.07) is 22.7. The lowest BCUT2D eigenvalue weighted by Crippen LogP contribution is -2.52. The molecule has 0 spiro atoms. The van der Waals surface area contributed by atoms with Crippen LogP contribution < -0.4 is 5.32 Å². The first kappa shape index (κ1) is 29.1. The minimum Gasteiger partial charge on any atom is -0.352 e. The summed E-state index contributed by atoms with van der Waals surface area (Å²) >= 11 is 13.8. The number of aryl methyl sites for hydroxylation is 1. The van der Waals surface area contributed by atoms with Crippen molar-refractivity contribution in [1.82, 2.24) is 10.2 Å². The molecule has 0 radical (unpaired) electrons. The monoisotopic (exact) mass is 556 g/mol. The van der Waals surface area contributed by atoms with Gasteiger partial charge in [-0.05, 0) is 49.1 Å². The Bertz CT molecular complexity index is 1190. The third-order valence-electron chi connectivity index (χ3n) is 6.21. The van der Waals surface area contributed by atoms with Crippen LogP contribution in [-0.2, 0) is 28.3 Å². The van der Waals surface area contributed by atoms with Gasteiger partial charge in [0.1, 0.15) is 6.04 Å². The first-order valence-corrected chi connectivity index (χ1v) is 14.4. The Kier molecular flexibility index (Phi) is 11.4. The number of benzene rings is 3. The van der Waals surface area contributed by atoms with E-state index in [0.29, 0.717) is 28.8 Å². The number of halogens is 2. The Labute approximate surface area is 234 Å². The van der Waals surface area contributed by atoms with E-state index in [1.807, 2.05) is 75.4 Å². The number of hydrogen-bond acceptors (Lipinski definition) is 3. The molecule has 7 heteroatoms. The summed E-state index contributed by atoms with van der Waals surface area (Å²) in [7, 11) is 0. The van der Waals surface area contributed by atoms with E-state index in [0.717, 1.165) is 28.7 Å². The van der Waals surface area contributed by atoms with Gasteiger partial charge in [-0.25, -0.2) is 0 Å². The normalized spacial score (nSPS) is 12.6. The second kappa shape index (κ2) is 14.5. The van der Waals surface area contributed by atoms with Gasteiger partial charge in [-0.3, -0.25) is 9.59 Å². The lowest BCUT2D eigenvalue weighted by atomic mass is 10.0. The van der Waals surface area contributed by atoms with Crippen LogP contribution in [0.2, 0.25) is 10.0 Å². The Morgan fingerprint density at radius 2 is 1.70 bits per heavy atom. The number of amides is 2. The largest absolute Gasteiger partial charge is 0.352 e. The molecule has 1 N–H and O–H groups in total. The van der Waals surface area contributed by atoms with Gasteiger partial charge in [0.2, 0.25) is 11.8 Å². The number of hydrogen-bond donors (Lipinski definition) is 1. The number of nitrogens with one attached hydrogen (secondary N) is 1. The zero-order valence-electron chi connectivity index (χ0n) is 21.5. The zero-order chi connectivity index (χ0) is 26.8. The molecular formula is C30H34Cl2N2O2S. The van der Waals surface area contributed by atoms with Gasteiger partial charge >= 0.3 is 0 Å². The molecule has 2 unspecified atom stereocenters. The molecule has 37 heavy (non-hydrogen) atoms. The van der Waals surface area contributed by atoms with Crippen LogP contribution in [0, 0.1) is 6.92 Å². The summed E-state index contributed by atoms with van der Waals surface area (Å²) in [4.78, 5) is 29.0. The number of rotatable bonds is 12. The van der Waals surface area contributed by atoms with Crippen LogP contribution in [-0.4, -0.2) is 34.6 Å². The molecule has 0 aromatic heterocycles. The third-order valence-corrected chi connectivity index (χ3v) is 7.76.